The molecular weight excluding hydrogens is 222 g/mol. The lowest BCUT2D eigenvalue weighted by molar-refractivity contribution is 0.463. The van der Waals surface area contributed by atoms with Crippen LogP contribution in [-0.2, 0) is 10.0 Å². The van der Waals surface area contributed by atoms with E-state index in [-0.39, 0.29) is 0 Å². The molecule has 0 N–H and O–H groups in total. The molecule has 0 saturated carbocycles. The fourth-order valence-electron chi connectivity index (χ4n) is 1.35. The van der Waals surface area contributed by atoms with Crippen molar-refractivity contribution in [3.63, 3.8) is 0 Å². The topological polar surface area (TPSA) is 37.4 Å². The summed E-state index contributed by atoms with van der Waals surface area (Å²) in [4.78, 5) is 0.344. The maximum absolute atomic E-state index is 12.0. The first kappa shape index (κ1) is 12.9. The van der Waals surface area contributed by atoms with Crippen molar-refractivity contribution in [1.82, 2.24) is 4.31 Å². The molecule has 0 aromatic heterocycles. The number of unbranched alkanes of at least 4 members (excludes halogenated alkanes) is 1. The zero-order valence-corrected chi connectivity index (χ0v) is 10.3. The minimum absolute atomic E-state index is 0.344. The first-order valence-corrected chi connectivity index (χ1v) is 6.65. The van der Waals surface area contributed by atoms with Gasteiger partial charge in [-0.15, -0.1) is 6.58 Å². The predicted molar refractivity (Wildman–Crippen MR) is 65.7 cm³/mol. The normalized spacial score (nSPS) is 11.6. The summed E-state index contributed by atoms with van der Waals surface area (Å²) in [6.45, 7) is 4.13. The van der Waals surface area contributed by atoms with E-state index in [4.69, 9.17) is 0 Å². The zero-order chi connectivity index (χ0) is 12.0. The van der Waals surface area contributed by atoms with Crippen LogP contribution in [0.4, 0.5) is 0 Å². The SMILES string of the molecule is C=CCCCN(C)S(=O)(=O)c1ccccc1. The number of benzene rings is 1. The molecule has 0 saturated heterocycles. The van der Waals surface area contributed by atoms with Crippen LogP contribution in [0.2, 0.25) is 0 Å². The third kappa shape index (κ3) is 3.18. The van der Waals surface area contributed by atoms with E-state index in [9.17, 15) is 8.42 Å². The summed E-state index contributed by atoms with van der Waals surface area (Å²) in [5, 5.41) is 0. The first-order valence-electron chi connectivity index (χ1n) is 5.21. The number of hydrogen-bond donors (Lipinski definition) is 0. The van der Waals surface area contributed by atoms with E-state index in [2.05, 4.69) is 6.58 Å². The average Bonchev–Trinajstić information content (AvgIpc) is 2.30. The van der Waals surface area contributed by atoms with Crippen molar-refractivity contribution >= 4 is 10.0 Å². The molecule has 3 nitrogen and oxygen atoms in total. The maximum Gasteiger partial charge on any atom is 0.242 e. The van der Waals surface area contributed by atoms with Crippen molar-refractivity contribution in [2.24, 2.45) is 0 Å². The molecule has 0 unspecified atom stereocenters. The standard InChI is InChI=1S/C12H17NO2S/c1-3-4-8-11-13(2)16(14,15)12-9-6-5-7-10-12/h3,5-7,9-10H,1,4,8,11H2,2H3. The smallest absolute Gasteiger partial charge is 0.207 e. The molecule has 0 atom stereocenters. The summed E-state index contributed by atoms with van der Waals surface area (Å²) >= 11 is 0. The van der Waals surface area contributed by atoms with Gasteiger partial charge in [0.05, 0.1) is 4.90 Å². The summed E-state index contributed by atoms with van der Waals surface area (Å²) < 4.78 is 25.4. The van der Waals surface area contributed by atoms with Crippen molar-refractivity contribution in [2.75, 3.05) is 13.6 Å². The molecular formula is C12H17NO2S. The third-order valence-electron chi connectivity index (χ3n) is 2.33. The number of nitrogens with zero attached hydrogens (tertiary/aromatic N) is 1. The van der Waals surface area contributed by atoms with Crippen molar-refractivity contribution in [3.05, 3.63) is 43.0 Å². The van der Waals surface area contributed by atoms with Crippen molar-refractivity contribution in [1.29, 1.82) is 0 Å². The molecule has 0 radical (unpaired) electrons. The number of allylic oxidation sites excluding steroid dienone is 1. The van der Waals surface area contributed by atoms with Gasteiger partial charge >= 0.3 is 0 Å². The second-order valence-corrected chi connectivity index (χ2v) is 5.62. The summed E-state index contributed by atoms with van der Waals surface area (Å²) in [6.07, 6.45) is 3.42. The summed E-state index contributed by atoms with van der Waals surface area (Å²) in [6, 6.07) is 8.48. The van der Waals surface area contributed by atoms with Gasteiger partial charge in [-0.1, -0.05) is 24.3 Å². The van der Waals surface area contributed by atoms with Gasteiger partial charge in [-0.2, -0.15) is 0 Å². The fraction of sp³-hybridized carbons (Fsp3) is 0.333. The Morgan fingerprint density at radius 1 is 1.31 bits per heavy atom. The Labute approximate surface area is 97.5 Å². The van der Waals surface area contributed by atoms with Crippen LogP contribution in [0.1, 0.15) is 12.8 Å². The average molecular weight is 239 g/mol. The highest BCUT2D eigenvalue weighted by molar-refractivity contribution is 7.89. The molecule has 88 valence electrons. The largest absolute Gasteiger partial charge is 0.242 e. The molecule has 0 bridgehead atoms. The van der Waals surface area contributed by atoms with Gasteiger partial charge in [-0.05, 0) is 25.0 Å². The second-order valence-electron chi connectivity index (χ2n) is 3.57. The fourth-order valence-corrected chi connectivity index (χ4v) is 2.58. The maximum atomic E-state index is 12.0. The van der Waals surface area contributed by atoms with E-state index in [0.717, 1.165) is 12.8 Å². The quantitative estimate of drug-likeness (QED) is 0.564. The Bertz CT molecular complexity index is 426. The molecule has 16 heavy (non-hydrogen) atoms. The van der Waals surface area contributed by atoms with Crippen LogP contribution in [0, 0.1) is 0 Å². The highest BCUT2D eigenvalue weighted by atomic mass is 32.2. The lowest BCUT2D eigenvalue weighted by Crippen LogP contribution is -2.27. The Kier molecular flexibility index (Phi) is 4.71. The van der Waals surface area contributed by atoms with Gasteiger partial charge in [0.2, 0.25) is 10.0 Å². The van der Waals surface area contributed by atoms with Gasteiger partial charge in [0, 0.05) is 13.6 Å². The van der Waals surface area contributed by atoms with Crippen LogP contribution in [-0.4, -0.2) is 26.3 Å². The molecule has 0 fully saturated rings. The Balaban J connectivity index is 2.74. The van der Waals surface area contributed by atoms with Gasteiger partial charge in [0.1, 0.15) is 0 Å². The molecule has 4 heteroatoms. The monoisotopic (exact) mass is 239 g/mol. The van der Waals surface area contributed by atoms with E-state index in [1.807, 2.05) is 0 Å². The van der Waals surface area contributed by atoms with Gasteiger partial charge in [-0.3, -0.25) is 0 Å². The van der Waals surface area contributed by atoms with Crippen molar-refractivity contribution in [3.8, 4) is 0 Å². The molecule has 0 amide bonds. The predicted octanol–water partition coefficient (Wildman–Crippen LogP) is 2.27. The van der Waals surface area contributed by atoms with Crippen molar-refractivity contribution in [2.45, 2.75) is 17.7 Å². The van der Waals surface area contributed by atoms with Gasteiger partial charge in [0.25, 0.3) is 0 Å². The summed E-state index contributed by atoms with van der Waals surface area (Å²) in [5.41, 5.74) is 0. The van der Waals surface area contributed by atoms with Crippen LogP contribution in [0.5, 0.6) is 0 Å². The van der Waals surface area contributed by atoms with Crippen LogP contribution < -0.4 is 0 Å². The van der Waals surface area contributed by atoms with Crippen LogP contribution in [0.25, 0.3) is 0 Å². The van der Waals surface area contributed by atoms with Crippen molar-refractivity contribution < 1.29 is 8.42 Å². The lowest BCUT2D eigenvalue weighted by atomic mass is 10.3. The second kappa shape index (κ2) is 5.82. The van der Waals surface area contributed by atoms with Gasteiger partial charge in [-0.25, -0.2) is 12.7 Å². The van der Waals surface area contributed by atoms with Crippen LogP contribution >= 0.6 is 0 Å². The summed E-state index contributed by atoms with van der Waals surface area (Å²) in [7, 11) is -1.72. The van der Waals surface area contributed by atoms with E-state index in [0.29, 0.717) is 11.4 Å². The highest BCUT2D eigenvalue weighted by Crippen LogP contribution is 2.13. The molecule has 0 aliphatic heterocycles. The molecule has 1 rings (SSSR count). The van der Waals surface area contributed by atoms with E-state index < -0.39 is 10.0 Å². The van der Waals surface area contributed by atoms with E-state index in [1.54, 1.807) is 43.5 Å². The highest BCUT2D eigenvalue weighted by Gasteiger charge is 2.19. The van der Waals surface area contributed by atoms with Gasteiger partial charge < -0.3 is 0 Å². The molecule has 0 spiro atoms. The van der Waals surface area contributed by atoms with Crippen LogP contribution in [0.15, 0.2) is 47.9 Å². The van der Waals surface area contributed by atoms with E-state index in [1.165, 1.54) is 4.31 Å². The Morgan fingerprint density at radius 2 is 1.94 bits per heavy atom. The van der Waals surface area contributed by atoms with E-state index >= 15 is 0 Å². The zero-order valence-electron chi connectivity index (χ0n) is 9.46. The number of rotatable bonds is 6. The third-order valence-corrected chi connectivity index (χ3v) is 4.20. The number of sulfonamides is 1. The van der Waals surface area contributed by atoms with Crippen LogP contribution in [0.3, 0.4) is 0 Å². The molecule has 0 aliphatic carbocycles. The number of hydrogen-bond acceptors (Lipinski definition) is 2. The molecule has 1 aromatic rings. The molecule has 0 aliphatic rings. The minimum atomic E-state index is -3.32. The lowest BCUT2D eigenvalue weighted by Gasteiger charge is -2.16. The first-order chi connectivity index (χ1) is 7.59. The molecule has 1 aromatic carbocycles. The Hall–Kier alpha value is -1.13. The minimum Gasteiger partial charge on any atom is -0.207 e. The Morgan fingerprint density at radius 3 is 2.50 bits per heavy atom. The summed E-state index contributed by atoms with van der Waals surface area (Å²) in [5.74, 6) is 0. The van der Waals surface area contributed by atoms with Gasteiger partial charge in [0.15, 0.2) is 0 Å². The molecule has 0 heterocycles.